The minimum absolute atomic E-state index is 0.0102. The van der Waals surface area contributed by atoms with E-state index >= 15 is 0 Å². The molecule has 2 rings (SSSR count). The van der Waals surface area contributed by atoms with Gasteiger partial charge in [0.25, 0.3) is 0 Å². The smallest absolute Gasteiger partial charge is 0.226 e. The zero-order valence-corrected chi connectivity index (χ0v) is 9.34. The molecule has 1 aromatic rings. The monoisotopic (exact) mass is 223 g/mol. The second-order valence-electron chi connectivity index (χ2n) is 3.44. The van der Waals surface area contributed by atoms with E-state index in [2.05, 4.69) is 4.72 Å². The van der Waals surface area contributed by atoms with Crippen LogP contribution in [0.1, 0.15) is 24.2 Å². The largest absolute Gasteiger partial charge is 0.493 e. The van der Waals surface area contributed by atoms with Crippen molar-refractivity contribution < 1.29 is 9.53 Å². The van der Waals surface area contributed by atoms with Gasteiger partial charge < -0.3 is 4.74 Å². The standard InChI is InChI=1S/C11H13NO2S/c1-8(13)12-15-11-6-7-14-10-5-3-2-4-9(10)11/h2-5,11H,6-7H2,1H3,(H,12,13). The van der Waals surface area contributed by atoms with Crippen LogP contribution in [-0.2, 0) is 4.79 Å². The number of benzene rings is 1. The lowest BCUT2D eigenvalue weighted by Gasteiger charge is -2.24. The molecule has 0 saturated heterocycles. The molecule has 15 heavy (non-hydrogen) atoms. The van der Waals surface area contributed by atoms with E-state index in [0.29, 0.717) is 11.9 Å². The number of hydrogen-bond donors (Lipinski definition) is 1. The lowest BCUT2D eigenvalue weighted by atomic mass is 10.1. The first-order chi connectivity index (χ1) is 7.27. The number of nitrogens with one attached hydrogen (secondary N) is 1. The normalized spacial score (nSPS) is 18.9. The summed E-state index contributed by atoms with van der Waals surface area (Å²) in [4.78, 5) is 10.8. The number of para-hydroxylation sites is 1. The minimum atomic E-state index is -0.0102. The van der Waals surface area contributed by atoms with E-state index in [1.165, 1.54) is 24.4 Å². The number of ether oxygens (including phenoxy) is 1. The molecule has 80 valence electrons. The SMILES string of the molecule is CC(=O)NSC1CCOc2ccccc21. The molecule has 0 aliphatic carbocycles. The van der Waals surface area contributed by atoms with Crippen LogP contribution in [-0.4, -0.2) is 12.5 Å². The summed E-state index contributed by atoms with van der Waals surface area (Å²) >= 11 is 1.47. The van der Waals surface area contributed by atoms with Gasteiger partial charge in [0.1, 0.15) is 5.75 Å². The van der Waals surface area contributed by atoms with Crippen molar-refractivity contribution >= 4 is 17.9 Å². The highest BCUT2D eigenvalue weighted by molar-refractivity contribution is 7.98. The number of rotatable bonds is 2. The van der Waals surface area contributed by atoms with E-state index in [-0.39, 0.29) is 5.91 Å². The van der Waals surface area contributed by atoms with Crippen molar-refractivity contribution in [1.29, 1.82) is 0 Å². The third-order valence-corrected chi connectivity index (χ3v) is 3.43. The minimum Gasteiger partial charge on any atom is -0.493 e. The number of carbonyl (C=O) groups excluding carboxylic acids is 1. The average molecular weight is 223 g/mol. The van der Waals surface area contributed by atoms with Crippen molar-refractivity contribution in [3.63, 3.8) is 0 Å². The summed E-state index contributed by atoms with van der Waals surface area (Å²) < 4.78 is 8.31. The Balaban J connectivity index is 2.11. The Morgan fingerprint density at radius 2 is 2.33 bits per heavy atom. The van der Waals surface area contributed by atoms with E-state index < -0.39 is 0 Å². The van der Waals surface area contributed by atoms with Crippen molar-refractivity contribution in [2.75, 3.05) is 6.61 Å². The van der Waals surface area contributed by atoms with Gasteiger partial charge in [-0.15, -0.1) is 0 Å². The zero-order chi connectivity index (χ0) is 10.7. The Bertz CT molecular complexity index is 367. The van der Waals surface area contributed by atoms with Gasteiger partial charge in [-0.05, 0) is 24.4 Å². The van der Waals surface area contributed by atoms with Gasteiger partial charge in [-0.2, -0.15) is 0 Å². The zero-order valence-electron chi connectivity index (χ0n) is 8.53. The van der Waals surface area contributed by atoms with E-state index in [0.717, 1.165) is 12.2 Å². The second-order valence-corrected chi connectivity index (χ2v) is 4.45. The van der Waals surface area contributed by atoms with Crippen LogP contribution in [0, 0.1) is 0 Å². The Kier molecular flexibility index (Phi) is 3.16. The van der Waals surface area contributed by atoms with Gasteiger partial charge in [-0.25, -0.2) is 0 Å². The fourth-order valence-electron chi connectivity index (χ4n) is 1.59. The highest BCUT2D eigenvalue weighted by atomic mass is 32.2. The number of hydrogen-bond acceptors (Lipinski definition) is 3. The maximum Gasteiger partial charge on any atom is 0.226 e. The fraction of sp³-hybridized carbons (Fsp3) is 0.364. The topological polar surface area (TPSA) is 38.3 Å². The molecule has 1 aliphatic heterocycles. The molecule has 1 N–H and O–H groups in total. The van der Waals surface area contributed by atoms with E-state index in [4.69, 9.17) is 4.74 Å². The molecule has 4 heteroatoms. The van der Waals surface area contributed by atoms with Gasteiger partial charge in [0.15, 0.2) is 0 Å². The summed E-state index contributed by atoms with van der Waals surface area (Å²) in [6.45, 7) is 2.24. The van der Waals surface area contributed by atoms with Crippen LogP contribution in [0.2, 0.25) is 0 Å². The van der Waals surface area contributed by atoms with Crippen molar-refractivity contribution in [1.82, 2.24) is 4.72 Å². The third-order valence-electron chi connectivity index (χ3n) is 2.25. The van der Waals surface area contributed by atoms with Crippen LogP contribution in [0.4, 0.5) is 0 Å². The van der Waals surface area contributed by atoms with Crippen LogP contribution in [0.25, 0.3) is 0 Å². The van der Waals surface area contributed by atoms with Crippen molar-refractivity contribution in [3.05, 3.63) is 29.8 Å². The maximum absolute atomic E-state index is 10.8. The number of fused-ring (bicyclic) bond motifs is 1. The Hall–Kier alpha value is -1.16. The van der Waals surface area contributed by atoms with Crippen LogP contribution >= 0.6 is 11.9 Å². The van der Waals surface area contributed by atoms with Gasteiger partial charge in [-0.3, -0.25) is 9.52 Å². The number of amides is 1. The molecular formula is C11H13NO2S. The highest BCUT2D eigenvalue weighted by Crippen LogP contribution is 2.39. The average Bonchev–Trinajstić information content (AvgIpc) is 2.26. The molecule has 1 unspecified atom stereocenters. The third kappa shape index (κ3) is 2.45. The summed E-state index contributed by atoms with van der Waals surface area (Å²) in [5.41, 5.74) is 1.17. The number of carbonyl (C=O) groups is 1. The first kappa shape index (κ1) is 10.4. The predicted molar refractivity (Wildman–Crippen MR) is 60.7 cm³/mol. The van der Waals surface area contributed by atoms with Crippen molar-refractivity contribution in [3.8, 4) is 5.75 Å². The predicted octanol–water partition coefficient (Wildman–Crippen LogP) is 2.29. The molecule has 0 spiro atoms. The molecule has 3 nitrogen and oxygen atoms in total. The van der Waals surface area contributed by atoms with E-state index in [9.17, 15) is 4.79 Å². The van der Waals surface area contributed by atoms with Gasteiger partial charge in [0, 0.05) is 12.5 Å². The first-order valence-electron chi connectivity index (χ1n) is 4.91. The molecule has 1 heterocycles. The van der Waals surface area contributed by atoms with Gasteiger partial charge in [0.05, 0.1) is 11.9 Å². The molecule has 0 saturated carbocycles. The van der Waals surface area contributed by atoms with E-state index in [1.54, 1.807) is 0 Å². The lowest BCUT2D eigenvalue weighted by molar-refractivity contribution is -0.117. The summed E-state index contributed by atoms with van der Waals surface area (Å²) in [5.74, 6) is 0.926. The molecule has 0 radical (unpaired) electrons. The van der Waals surface area contributed by atoms with Gasteiger partial charge >= 0.3 is 0 Å². The molecule has 1 amide bonds. The van der Waals surface area contributed by atoms with Gasteiger partial charge in [0.2, 0.25) is 5.91 Å². The fourth-order valence-corrected chi connectivity index (χ4v) is 2.43. The summed E-state index contributed by atoms with van der Waals surface area (Å²) in [6, 6.07) is 7.98. The summed E-state index contributed by atoms with van der Waals surface area (Å²) in [5, 5.41) is 0.304. The summed E-state index contributed by atoms with van der Waals surface area (Å²) in [6.07, 6.45) is 0.932. The molecule has 1 aromatic carbocycles. The first-order valence-corrected chi connectivity index (χ1v) is 5.79. The Morgan fingerprint density at radius 1 is 1.53 bits per heavy atom. The Morgan fingerprint density at radius 3 is 3.13 bits per heavy atom. The second kappa shape index (κ2) is 4.57. The molecule has 1 aliphatic rings. The maximum atomic E-state index is 10.8. The molecular weight excluding hydrogens is 210 g/mol. The van der Waals surface area contributed by atoms with Gasteiger partial charge in [-0.1, -0.05) is 18.2 Å². The quantitative estimate of drug-likeness (QED) is 0.782. The van der Waals surface area contributed by atoms with Crippen LogP contribution in [0.3, 0.4) is 0 Å². The summed E-state index contributed by atoms with van der Waals surface area (Å²) in [7, 11) is 0. The van der Waals surface area contributed by atoms with Crippen LogP contribution in [0.15, 0.2) is 24.3 Å². The van der Waals surface area contributed by atoms with Crippen LogP contribution in [0.5, 0.6) is 5.75 Å². The molecule has 0 aromatic heterocycles. The Labute approximate surface area is 93.3 Å². The van der Waals surface area contributed by atoms with Crippen molar-refractivity contribution in [2.45, 2.75) is 18.6 Å². The lowest BCUT2D eigenvalue weighted by Crippen LogP contribution is -2.18. The molecule has 1 atom stereocenters. The van der Waals surface area contributed by atoms with Crippen LogP contribution < -0.4 is 9.46 Å². The molecule has 0 fully saturated rings. The van der Waals surface area contributed by atoms with E-state index in [1.807, 2.05) is 24.3 Å². The highest BCUT2D eigenvalue weighted by Gasteiger charge is 2.21. The van der Waals surface area contributed by atoms with Crippen molar-refractivity contribution in [2.24, 2.45) is 0 Å². The molecule has 0 bridgehead atoms.